The first-order valence-corrected chi connectivity index (χ1v) is 5.22. The number of halogens is 3. The molecule has 1 aliphatic rings. The summed E-state index contributed by atoms with van der Waals surface area (Å²) in [5, 5.41) is 0. The number of hydrogen-bond donors (Lipinski definition) is 0. The van der Waals surface area contributed by atoms with E-state index in [4.69, 9.17) is 4.74 Å². The second-order valence-electron chi connectivity index (χ2n) is 4.04. The van der Waals surface area contributed by atoms with E-state index >= 15 is 0 Å². The summed E-state index contributed by atoms with van der Waals surface area (Å²) in [6.07, 6.45) is -5.41. The molecule has 0 spiro atoms. The maximum atomic E-state index is 12.5. The van der Waals surface area contributed by atoms with Crippen molar-refractivity contribution >= 4 is 11.8 Å². The summed E-state index contributed by atoms with van der Waals surface area (Å²) in [7, 11) is 0. The molecule has 6 heteroatoms. The van der Waals surface area contributed by atoms with E-state index in [1.807, 2.05) is 0 Å². The van der Waals surface area contributed by atoms with Crippen molar-refractivity contribution < 1.29 is 27.5 Å². The molecular formula is C12H9F3O3. The highest BCUT2D eigenvalue weighted by molar-refractivity contribution is 6.11. The fourth-order valence-corrected chi connectivity index (χ4v) is 1.85. The van der Waals surface area contributed by atoms with Gasteiger partial charge in [-0.05, 0) is 18.6 Å². The Morgan fingerprint density at radius 3 is 2.39 bits per heavy atom. The summed E-state index contributed by atoms with van der Waals surface area (Å²) in [4.78, 5) is 23.1. The molecule has 96 valence electrons. The minimum atomic E-state index is -4.51. The monoisotopic (exact) mass is 258 g/mol. The molecule has 1 fully saturated rings. The van der Waals surface area contributed by atoms with Gasteiger partial charge in [0.2, 0.25) is 0 Å². The van der Waals surface area contributed by atoms with Gasteiger partial charge in [0.05, 0.1) is 5.56 Å². The van der Waals surface area contributed by atoms with E-state index in [9.17, 15) is 22.8 Å². The Morgan fingerprint density at radius 1 is 1.22 bits per heavy atom. The SMILES string of the molecule is CC1OC(=O)C(c2cccc(C(F)(F)F)c2)C1=O. The van der Waals surface area contributed by atoms with Gasteiger partial charge >= 0.3 is 12.1 Å². The van der Waals surface area contributed by atoms with E-state index in [1.54, 1.807) is 0 Å². The van der Waals surface area contributed by atoms with Gasteiger partial charge in [0.1, 0.15) is 5.92 Å². The molecule has 0 bridgehead atoms. The highest BCUT2D eigenvalue weighted by Gasteiger charge is 2.42. The molecule has 0 aromatic heterocycles. The van der Waals surface area contributed by atoms with Crippen LogP contribution in [0, 0.1) is 0 Å². The molecular weight excluding hydrogens is 249 g/mol. The Kier molecular flexibility index (Phi) is 2.88. The van der Waals surface area contributed by atoms with Gasteiger partial charge in [-0.1, -0.05) is 18.2 Å². The molecule has 0 saturated carbocycles. The molecule has 2 unspecified atom stereocenters. The third kappa shape index (κ3) is 2.10. The molecule has 0 aliphatic carbocycles. The van der Waals surface area contributed by atoms with Gasteiger partial charge in [-0.25, -0.2) is 0 Å². The first kappa shape index (κ1) is 12.6. The predicted molar refractivity (Wildman–Crippen MR) is 54.7 cm³/mol. The molecule has 1 aromatic rings. The third-order valence-electron chi connectivity index (χ3n) is 2.76. The number of benzene rings is 1. The second-order valence-corrected chi connectivity index (χ2v) is 4.04. The highest BCUT2D eigenvalue weighted by atomic mass is 19.4. The molecule has 18 heavy (non-hydrogen) atoms. The number of esters is 1. The Bertz CT molecular complexity index is 508. The maximum absolute atomic E-state index is 12.5. The van der Waals surface area contributed by atoms with Crippen LogP contribution in [0.5, 0.6) is 0 Å². The lowest BCUT2D eigenvalue weighted by Crippen LogP contribution is -2.17. The number of cyclic esters (lactones) is 1. The summed E-state index contributed by atoms with van der Waals surface area (Å²) in [5.74, 6) is -2.56. The van der Waals surface area contributed by atoms with Gasteiger partial charge in [0.25, 0.3) is 0 Å². The van der Waals surface area contributed by atoms with E-state index in [0.717, 1.165) is 12.1 Å². The standard InChI is InChI=1S/C12H9F3O3/c1-6-10(16)9(11(17)18-6)7-3-2-4-8(5-7)12(13,14)15/h2-6,9H,1H3. The zero-order valence-electron chi connectivity index (χ0n) is 9.32. The largest absolute Gasteiger partial charge is 0.454 e. The van der Waals surface area contributed by atoms with Crippen molar-refractivity contribution in [2.24, 2.45) is 0 Å². The van der Waals surface area contributed by atoms with Crippen LogP contribution in [0.25, 0.3) is 0 Å². The molecule has 3 nitrogen and oxygen atoms in total. The first-order chi connectivity index (χ1) is 8.30. The summed E-state index contributed by atoms with van der Waals surface area (Å²) in [6, 6.07) is 4.18. The molecule has 0 amide bonds. The van der Waals surface area contributed by atoms with Crippen molar-refractivity contribution in [2.45, 2.75) is 25.1 Å². The summed E-state index contributed by atoms with van der Waals surface area (Å²) >= 11 is 0. The molecule has 1 aromatic carbocycles. The van der Waals surface area contributed by atoms with Crippen LogP contribution in [-0.4, -0.2) is 17.9 Å². The molecule has 1 heterocycles. The van der Waals surface area contributed by atoms with E-state index in [0.29, 0.717) is 0 Å². The molecule has 1 saturated heterocycles. The molecule has 0 radical (unpaired) electrons. The van der Waals surface area contributed by atoms with E-state index in [1.165, 1.54) is 19.1 Å². The minimum Gasteiger partial charge on any atom is -0.454 e. The average Bonchev–Trinajstić information content (AvgIpc) is 2.52. The predicted octanol–water partition coefficient (Wildman–Crippen LogP) is 2.30. The summed E-state index contributed by atoms with van der Waals surface area (Å²) < 4.78 is 42.3. The van der Waals surface area contributed by atoms with Gasteiger partial charge in [0, 0.05) is 0 Å². The zero-order chi connectivity index (χ0) is 13.5. The number of carbonyl (C=O) groups excluding carboxylic acids is 2. The molecule has 2 rings (SSSR count). The minimum absolute atomic E-state index is 0.0178. The average molecular weight is 258 g/mol. The Morgan fingerprint density at radius 2 is 1.89 bits per heavy atom. The second kappa shape index (κ2) is 4.12. The van der Waals surface area contributed by atoms with Crippen LogP contribution in [0.1, 0.15) is 24.0 Å². The highest BCUT2D eigenvalue weighted by Crippen LogP contribution is 2.33. The fourth-order valence-electron chi connectivity index (χ4n) is 1.85. The topological polar surface area (TPSA) is 43.4 Å². The van der Waals surface area contributed by atoms with Gasteiger partial charge < -0.3 is 4.74 Å². The Hall–Kier alpha value is -1.85. The summed E-state index contributed by atoms with van der Waals surface area (Å²) in [6.45, 7) is 1.40. The van der Waals surface area contributed by atoms with E-state index in [2.05, 4.69) is 0 Å². The number of rotatable bonds is 1. The fraction of sp³-hybridized carbons (Fsp3) is 0.333. The number of ether oxygens (including phenoxy) is 1. The van der Waals surface area contributed by atoms with Crippen LogP contribution >= 0.6 is 0 Å². The third-order valence-corrected chi connectivity index (χ3v) is 2.76. The van der Waals surface area contributed by atoms with Crippen molar-refractivity contribution in [3.63, 3.8) is 0 Å². The van der Waals surface area contributed by atoms with Gasteiger partial charge in [-0.2, -0.15) is 13.2 Å². The van der Waals surface area contributed by atoms with Crippen molar-refractivity contribution in [3.8, 4) is 0 Å². The summed E-state index contributed by atoms with van der Waals surface area (Å²) in [5.41, 5.74) is -0.871. The Labute approximate surface area is 101 Å². The first-order valence-electron chi connectivity index (χ1n) is 5.22. The molecule has 2 atom stereocenters. The smallest absolute Gasteiger partial charge is 0.416 e. The van der Waals surface area contributed by atoms with Crippen molar-refractivity contribution in [1.29, 1.82) is 0 Å². The van der Waals surface area contributed by atoms with Crippen LogP contribution in [0.15, 0.2) is 24.3 Å². The number of alkyl halides is 3. The number of carbonyl (C=O) groups is 2. The van der Waals surface area contributed by atoms with Gasteiger partial charge in [0.15, 0.2) is 11.9 Å². The van der Waals surface area contributed by atoms with Crippen molar-refractivity contribution in [3.05, 3.63) is 35.4 Å². The van der Waals surface area contributed by atoms with Crippen LogP contribution in [0.3, 0.4) is 0 Å². The lowest BCUT2D eigenvalue weighted by Gasteiger charge is -2.10. The van der Waals surface area contributed by atoms with Crippen LogP contribution in [0.2, 0.25) is 0 Å². The lowest BCUT2D eigenvalue weighted by atomic mass is 9.93. The number of hydrogen-bond acceptors (Lipinski definition) is 3. The molecule has 1 aliphatic heterocycles. The van der Waals surface area contributed by atoms with Crippen LogP contribution in [0.4, 0.5) is 13.2 Å². The van der Waals surface area contributed by atoms with Gasteiger partial charge in [-0.3, -0.25) is 9.59 Å². The van der Waals surface area contributed by atoms with Gasteiger partial charge in [-0.15, -0.1) is 0 Å². The maximum Gasteiger partial charge on any atom is 0.416 e. The quantitative estimate of drug-likeness (QED) is 0.573. The van der Waals surface area contributed by atoms with E-state index in [-0.39, 0.29) is 5.56 Å². The van der Waals surface area contributed by atoms with Crippen LogP contribution in [-0.2, 0) is 20.5 Å². The number of Topliss-reactive ketones (excluding diaryl/α,β-unsaturated/α-hetero) is 1. The Balaban J connectivity index is 2.41. The zero-order valence-corrected chi connectivity index (χ0v) is 9.32. The normalized spacial score (nSPS) is 24.2. The lowest BCUT2D eigenvalue weighted by molar-refractivity contribution is -0.142. The van der Waals surface area contributed by atoms with Crippen LogP contribution < -0.4 is 0 Å². The number of ketones is 1. The van der Waals surface area contributed by atoms with E-state index < -0.39 is 35.5 Å². The molecule has 0 N–H and O–H groups in total. The van der Waals surface area contributed by atoms with Crippen molar-refractivity contribution in [2.75, 3.05) is 0 Å². The van der Waals surface area contributed by atoms with Crippen molar-refractivity contribution in [1.82, 2.24) is 0 Å².